The van der Waals surface area contributed by atoms with E-state index in [0.29, 0.717) is 22.5 Å². The summed E-state index contributed by atoms with van der Waals surface area (Å²) in [6.07, 6.45) is 4.36. The van der Waals surface area contributed by atoms with Crippen molar-refractivity contribution in [1.29, 1.82) is 0 Å². The highest BCUT2D eigenvalue weighted by Gasteiger charge is 2.25. The number of rotatable bonds is 25. The number of benzene rings is 3. The predicted octanol–water partition coefficient (Wildman–Crippen LogP) is 9.97. The lowest BCUT2D eigenvalue weighted by atomic mass is 10.1. The van der Waals surface area contributed by atoms with E-state index in [9.17, 15) is 28.8 Å². The molecule has 0 saturated carbocycles. The second-order valence-corrected chi connectivity index (χ2v) is 19.9. The third kappa shape index (κ3) is 24.1. The fourth-order valence-electron chi connectivity index (χ4n) is 5.66. The first-order valence-electron chi connectivity index (χ1n) is 25.0. The highest BCUT2D eigenvalue weighted by Crippen LogP contribution is 2.22. The van der Waals surface area contributed by atoms with Gasteiger partial charge in [-0.1, -0.05) is 138 Å². The molecule has 1 aromatic heterocycles. The van der Waals surface area contributed by atoms with Crippen LogP contribution in [0.5, 0.6) is 0 Å². The molecule has 18 heteroatoms. The van der Waals surface area contributed by atoms with Gasteiger partial charge in [-0.15, -0.1) is 0 Å². The van der Waals surface area contributed by atoms with E-state index in [0.717, 1.165) is 5.56 Å². The number of nitrogens with zero attached hydrogens (tertiary/aromatic N) is 3. The Kier molecular flexibility index (Phi) is 25.9. The van der Waals surface area contributed by atoms with E-state index >= 15 is 0 Å². The minimum atomic E-state index is -0.755. The summed E-state index contributed by atoms with van der Waals surface area (Å²) < 4.78 is 31.5. The Bertz CT molecular complexity index is 2380. The number of esters is 6. The van der Waals surface area contributed by atoms with Crippen molar-refractivity contribution < 1.29 is 57.2 Å². The van der Waals surface area contributed by atoms with Gasteiger partial charge in [-0.25, -0.2) is 28.8 Å². The molecule has 0 bridgehead atoms. The average Bonchev–Trinajstić information content (AvgIpc) is 3.35. The number of carbonyl (C=O) groups excluding carboxylic acids is 6. The van der Waals surface area contributed by atoms with Gasteiger partial charge in [0, 0.05) is 11.4 Å². The van der Waals surface area contributed by atoms with Crippen molar-refractivity contribution in [3.8, 4) is 0 Å². The average molecular weight is 1040 g/mol. The molecule has 4 aromatic rings. The van der Waals surface area contributed by atoms with Gasteiger partial charge in [-0.3, -0.25) is 0 Å². The summed E-state index contributed by atoms with van der Waals surface area (Å²) in [5.41, 5.74) is 8.56. The summed E-state index contributed by atoms with van der Waals surface area (Å²) in [6.45, 7) is 24.1. The van der Waals surface area contributed by atoms with Crippen LogP contribution in [0.2, 0.25) is 0 Å². The van der Waals surface area contributed by atoms with Gasteiger partial charge < -0.3 is 44.8 Å². The van der Waals surface area contributed by atoms with Crippen molar-refractivity contribution in [2.45, 2.75) is 83.1 Å². The number of carbonyl (C=O) groups is 6. The van der Waals surface area contributed by atoms with Gasteiger partial charge in [0.15, 0.2) is 0 Å². The van der Waals surface area contributed by atoms with Gasteiger partial charge in [0.2, 0.25) is 17.8 Å². The molecular weight excluding hydrogens is 961 g/mol. The number of hydrogen-bond acceptors (Lipinski definition) is 18. The maximum Gasteiger partial charge on any atom is 0.345 e. The van der Waals surface area contributed by atoms with Crippen LogP contribution in [0, 0.1) is 35.5 Å². The summed E-state index contributed by atoms with van der Waals surface area (Å²) in [6, 6.07) is 22.8. The number of anilines is 5. The molecule has 4 N–H and O–H groups in total. The third-order valence-corrected chi connectivity index (χ3v) is 9.32. The minimum absolute atomic E-state index is 0.0435. The molecular formula is C57H74N6O12. The quantitative estimate of drug-likeness (QED) is 0.0184. The fourth-order valence-corrected chi connectivity index (χ4v) is 5.66. The molecule has 0 fully saturated rings. The maximum absolute atomic E-state index is 12.7. The summed E-state index contributed by atoms with van der Waals surface area (Å²) in [5, 5.41) is 6.13. The van der Waals surface area contributed by atoms with Gasteiger partial charge in [-0.05, 0) is 94.7 Å². The zero-order valence-electron chi connectivity index (χ0n) is 45.3. The summed E-state index contributed by atoms with van der Waals surface area (Å²) >= 11 is 0. The van der Waals surface area contributed by atoms with Gasteiger partial charge in [0.25, 0.3) is 0 Å². The largest absolute Gasteiger partial charge is 0.462 e. The molecule has 0 amide bonds. The Labute approximate surface area is 440 Å². The Balaban J connectivity index is 0.000000561. The van der Waals surface area contributed by atoms with Crippen molar-refractivity contribution >= 4 is 83.3 Å². The third-order valence-electron chi connectivity index (χ3n) is 9.32. The fraction of sp³-hybridized carbons (Fsp3) is 0.421. The molecule has 0 atom stereocenters. The first-order chi connectivity index (χ1) is 35.5. The molecule has 0 saturated heterocycles. The normalized spacial score (nSPS) is 10.7. The minimum Gasteiger partial charge on any atom is -0.462 e. The Hall–Kier alpha value is -7.89. The molecule has 1 heterocycles. The van der Waals surface area contributed by atoms with Crippen LogP contribution in [0.25, 0.3) is 18.2 Å². The highest BCUT2D eigenvalue weighted by atomic mass is 16.6. The van der Waals surface area contributed by atoms with Crippen molar-refractivity contribution in [2.24, 2.45) is 35.5 Å². The van der Waals surface area contributed by atoms with E-state index in [1.807, 2.05) is 113 Å². The van der Waals surface area contributed by atoms with E-state index in [2.05, 4.69) is 25.6 Å². The molecule has 0 aliphatic carbocycles. The van der Waals surface area contributed by atoms with Gasteiger partial charge >= 0.3 is 35.8 Å². The molecule has 4 rings (SSSR count). The van der Waals surface area contributed by atoms with Crippen LogP contribution in [-0.2, 0) is 57.2 Å². The first kappa shape index (κ1) is 61.4. The lowest BCUT2D eigenvalue weighted by molar-refractivity contribution is -0.149. The van der Waals surface area contributed by atoms with E-state index in [4.69, 9.17) is 34.2 Å². The number of ether oxygens (including phenoxy) is 6. The maximum atomic E-state index is 12.7. The van der Waals surface area contributed by atoms with Crippen LogP contribution in [0.1, 0.15) is 99.8 Å². The predicted molar refractivity (Wildman–Crippen MR) is 289 cm³/mol. The first-order valence-corrected chi connectivity index (χ1v) is 25.0. The monoisotopic (exact) mass is 1030 g/mol. The van der Waals surface area contributed by atoms with Crippen molar-refractivity contribution in [1.82, 2.24) is 15.0 Å². The molecule has 0 spiro atoms. The number of aromatic nitrogens is 3. The summed E-state index contributed by atoms with van der Waals surface area (Å²) in [4.78, 5) is 88.0. The zero-order chi connectivity index (χ0) is 55.6. The van der Waals surface area contributed by atoms with Gasteiger partial charge in [-0.2, -0.15) is 15.0 Å². The SMILES string of the molecule is CC(C)COC(=O)C(=Cc1ccc(Nc2nc(N)nc(Nc3ccc(C=C(C(=O)OCC(C)C)C(=O)OCC(C)C)cc3)n2)cc1)C(=O)OCC(C)C.CC(C)COC(=O)C(=Cc1ccccc1)C(=O)OCC(C)C. The second kappa shape index (κ2) is 31.6. The number of nitrogen functional groups attached to an aromatic ring is 1. The van der Waals surface area contributed by atoms with Gasteiger partial charge in [0.1, 0.15) is 16.7 Å². The van der Waals surface area contributed by atoms with Crippen molar-refractivity contribution in [3.63, 3.8) is 0 Å². The highest BCUT2D eigenvalue weighted by molar-refractivity contribution is 6.19. The summed E-state index contributed by atoms with van der Waals surface area (Å²) in [7, 11) is 0. The summed E-state index contributed by atoms with van der Waals surface area (Å²) in [5.74, 6) is -3.25. The van der Waals surface area contributed by atoms with E-state index in [1.54, 1.807) is 48.5 Å². The van der Waals surface area contributed by atoms with Crippen LogP contribution < -0.4 is 16.4 Å². The molecule has 0 radical (unpaired) electrons. The van der Waals surface area contributed by atoms with E-state index < -0.39 is 35.8 Å². The molecule has 18 nitrogen and oxygen atoms in total. The lowest BCUT2D eigenvalue weighted by Gasteiger charge is -2.12. The molecule has 0 aliphatic rings. The van der Waals surface area contributed by atoms with Crippen LogP contribution >= 0.6 is 0 Å². The van der Waals surface area contributed by atoms with Crippen LogP contribution in [0.4, 0.5) is 29.2 Å². The number of hydrogen-bond donors (Lipinski definition) is 3. The smallest absolute Gasteiger partial charge is 0.345 e. The van der Waals surface area contributed by atoms with E-state index in [-0.39, 0.29) is 110 Å². The van der Waals surface area contributed by atoms with Crippen LogP contribution in [-0.4, -0.2) is 90.4 Å². The molecule has 0 unspecified atom stereocenters. The van der Waals surface area contributed by atoms with Crippen molar-refractivity contribution in [2.75, 3.05) is 56.0 Å². The topological polar surface area (TPSA) is 247 Å². The Morgan fingerprint density at radius 1 is 0.387 bits per heavy atom. The van der Waals surface area contributed by atoms with Crippen LogP contribution in [0.15, 0.2) is 95.6 Å². The number of nitrogens with two attached hydrogens (primary N) is 1. The molecule has 404 valence electrons. The van der Waals surface area contributed by atoms with Gasteiger partial charge in [0.05, 0.1) is 39.6 Å². The molecule has 75 heavy (non-hydrogen) atoms. The molecule has 0 aliphatic heterocycles. The standard InChI is InChI=1S/C39H50N6O8.C18H24O4/c1-23(2)19-50-33(46)31(34(47)51-20-24(3)4)17-27-9-13-29(14-10-27)41-38-43-37(40)44-39(45-38)42-30-15-11-28(12-16-30)18-32(35(48)52-21-25(5)6)36(49)53-22-26(7)8;1-13(2)11-21-17(19)16(18(20)22-12-14(3)4)10-15-8-6-5-7-9-15/h9-18,23-26H,19-22H2,1-8H3,(H4,40,41,42,43,44,45);5-10,13-14H,11-12H2,1-4H3. The Morgan fingerprint density at radius 2 is 0.627 bits per heavy atom. The molecule has 3 aromatic carbocycles. The second-order valence-electron chi connectivity index (χ2n) is 19.9. The Morgan fingerprint density at radius 3 is 0.867 bits per heavy atom. The van der Waals surface area contributed by atoms with Crippen LogP contribution in [0.3, 0.4) is 0 Å². The van der Waals surface area contributed by atoms with Crippen molar-refractivity contribution in [3.05, 3.63) is 112 Å². The zero-order valence-corrected chi connectivity index (χ0v) is 45.3. The lowest BCUT2D eigenvalue weighted by Crippen LogP contribution is -2.21. The number of nitrogens with one attached hydrogen (secondary N) is 2. The van der Waals surface area contributed by atoms with E-state index in [1.165, 1.54) is 18.2 Å².